The van der Waals surface area contributed by atoms with E-state index in [1.165, 1.54) is 6.42 Å². The molecule has 0 unspecified atom stereocenters. The van der Waals surface area contributed by atoms with E-state index in [2.05, 4.69) is 24.1 Å². The summed E-state index contributed by atoms with van der Waals surface area (Å²) in [5.74, 6) is 0. The minimum atomic E-state index is -0.580. The maximum absolute atomic E-state index is 9.88. The third-order valence-corrected chi connectivity index (χ3v) is 3.17. The number of hydrogen-bond acceptors (Lipinski definition) is 3. The molecule has 0 aromatic rings. The molecule has 3 nitrogen and oxygen atoms in total. The van der Waals surface area contributed by atoms with Gasteiger partial charge in [-0.3, -0.25) is 4.90 Å². The van der Waals surface area contributed by atoms with Crippen LogP contribution in [0.25, 0.3) is 0 Å². The molecule has 0 spiro atoms. The molecule has 1 rings (SSSR count). The summed E-state index contributed by atoms with van der Waals surface area (Å²) < 4.78 is 0. The Morgan fingerprint density at radius 2 is 2.00 bits per heavy atom. The van der Waals surface area contributed by atoms with E-state index in [1.807, 2.05) is 13.8 Å². The lowest BCUT2D eigenvalue weighted by Gasteiger charge is -2.42. The molecule has 3 heteroatoms. The molecule has 90 valence electrons. The van der Waals surface area contributed by atoms with Gasteiger partial charge in [0, 0.05) is 31.7 Å². The van der Waals surface area contributed by atoms with Crippen molar-refractivity contribution >= 4 is 0 Å². The number of piperazine rings is 1. The molecule has 0 aromatic carbocycles. The van der Waals surface area contributed by atoms with E-state index in [4.69, 9.17) is 0 Å². The first kappa shape index (κ1) is 12.9. The number of nitrogens with one attached hydrogen (secondary N) is 1. The quantitative estimate of drug-likeness (QED) is 0.738. The van der Waals surface area contributed by atoms with Gasteiger partial charge in [0.1, 0.15) is 0 Å². The predicted molar refractivity (Wildman–Crippen MR) is 64.0 cm³/mol. The van der Waals surface area contributed by atoms with Gasteiger partial charge >= 0.3 is 0 Å². The molecule has 0 saturated carbocycles. The summed E-state index contributed by atoms with van der Waals surface area (Å²) in [5.41, 5.74) is -0.580. The van der Waals surface area contributed by atoms with Gasteiger partial charge in [-0.25, -0.2) is 0 Å². The van der Waals surface area contributed by atoms with Crippen molar-refractivity contribution in [2.24, 2.45) is 0 Å². The zero-order chi connectivity index (χ0) is 11.5. The molecule has 2 N–H and O–H groups in total. The highest BCUT2D eigenvalue weighted by Gasteiger charge is 2.29. The SMILES string of the molecule is CC[C@@H]1CN(CC(C)(C)O)[C@@H](CC)CN1. The van der Waals surface area contributed by atoms with Crippen molar-refractivity contribution in [3.8, 4) is 0 Å². The Hall–Kier alpha value is -0.120. The van der Waals surface area contributed by atoms with Crippen LogP contribution >= 0.6 is 0 Å². The second kappa shape index (κ2) is 5.28. The first-order valence-corrected chi connectivity index (χ1v) is 6.16. The fourth-order valence-corrected chi connectivity index (χ4v) is 2.30. The minimum absolute atomic E-state index is 0.580. The molecule has 0 bridgehead atoms. The predicted octanol–water partition coefficient (Wildman–Crippen LogP) is 1.22. The van der Waals surface area contributed by atoms with Crippen molar-refractivity contribution in [1.29, 1.82) is 0 Å². The summed E-state index contributed by atoms with van der Waals surface area (Å²) in [6.07, 6.45) is 2.32. The van der Waals surface area contributed by atoms with Crippen molar-refractivity contribution in [1.82, 2.24) is 10.2 Å². The highest BCUT2D eigenvalue weighted by atomic mass is 16.3. The van der Waals surface area contributed by atoms with Crippen LogP contribution in [0.3, 0.4) is 0 Å². The van der Waals surface area contributed by atoms with E-state index in [0.29, 0.717) is 12.1 Å². The van der Waals surface area contributed by atoms with E-state index in [0.717, 1.165) is 26.1 Å². The molecule has 0 amide bonds. The first-order chi connectivity index (χ1) is 6.96. The lowest BCUT2D eigenvalue weighted by atomic mass is 10.0. The fraction of sp³-hybridized carbons (Fsp3) is 1.00. The summed E-state index contributed by atoms with van der Waals surface area (Å²) in [5, 5.41) is 13.4. The molecule has 1 heterocycles. The number of hydrogen-bond donors (Lipinski definition) is 2. The van der Waals surface area contributed by atoms with Crippen molar-refractivity contribution in [3.63, 3.8) is 0 Å². The molecule has 15 heavy (non-hydrogen) atoms. The third-order valence-electron chi connectivity index (χ3n) is 3.17. The molecular formula is C12H26N2O. The monoisotopic (exact) mass is 214 g/mol. The summed E-state index contributed by atoms with van der Waals surface area (Å²) in [4.78, 5) is 2.44. The molecule has 1 fully saturated rings. The fourth-order valence-electron chi connectivity index (χ4n) is 2.30. The molecule has 0 aliphatic carbocycles. The van der Waals surface area contributed by atoms with Crippen LogP contribution in [0.15, 0.2) is 0 Å². The van der Waals surface area contributed by atoms with E-state index in [-0.39, 0.29) is 0 Å². The molecule has 0 aromatic heterocycles. The average Bonchev–Trinajstić information content (AvgIpc) is 2.15. The molecular weight excluding hydrogens is 188 g/mol. The summed E-state index contributed by atoms with van der Waals surface area (Å²) in [6.45, 7) is 11.1. The zero-order valence-corrected chi connectivity index (χ0v) is 10.6. The lowest BCUT2D eigenvalue weighted by molar-refractivity contribution is 0.00507. The largest absolute Gasteiger partial charge is 0.389 e. The Kier molecular flexibility index (Phi) is 4.56. The van der Waals surface area contributed by atoms with Crippen LogP contribution in [0.4, 0.5) is 0 Å². The zero-order valence-electron chi connectivity index (χ0n) is 10.6. The smallest absolute Gasteiger partial charge is 0.0718 e. The second-order valence-electron chi connectivity index (χ2n) is 5.32. The molecule has 1 saturated heterocycles. The van der Waals surface area contributed by atoms with Gasteiger partial charge in [0.2, 0.25) is 0 Å². The van der Waals surface area contributed by atoms with Crippen molar-refractivity contribution in [3.05, 3.63) is 0 Å². The molecule has 1 aliphatic rings. The minimum Gasteiger partial charge on any atom is -0.389 e. The maximum atomic E-state index is 9.88. The number of aliphatic hydroxyl groups is 1. The van der Waals surface area contributed by atoms with Gasteiger partial charge in [0.25, 0.3) is 0 Å². The summed E-state index contributed by atoms with van der Waals surface area (Å²) in [6, 6.07) is 1.18. The van der Waals surface area contributed by atoms with Crippen molar-refractivity contribution < 1.29 is 5.11 Å². The summed E-state index contributed by atoms with van der Waals surface area (Å²) >= 11 is 0. The Labute approximate surface area is 93.9 Å². The molecule has 2 atom stereocenters. The van der Waals surface area contributed by atoms with Gasteiger partial charge in [-0.1, -0.05) is 13.8 Å². The van der Waals surface area contributed by atoms with Crippen molar-refractivity contribution in [2.75, 3.05) is 19.6 Å². The van der Waals surface area contributed by atoms with Crippen LogP contribution in [0, 0.1) is 0 Å². The van der Waals surface area contributed by atoms with Crippen molar-refractivity contribution in [2.45, 2.75) is 58.2 Å². The Morgan fingerprint density at radius 1 is 1.33 bits per heavy atom. The Bertz CT molecular complexity index is 189. The van der Waals surface area contributed by atoms with Crippen LogP contribution < -0.4 is 5.32 Å². The number of β-amino-alcohol motifs (C(OH)–C–C–N with tert-alkyl or cyclic N) is 1. The Balaban J connectivity index is 2.55. The van der Waals surface area contributed by atoms with Gasteiger partial charge < -0.3 is 10.4 Å². The molecule has 1 aliphatic heterocycles. The highest BCUT2D eigenvalue weighted by molar-refractivity contribution is 4.87. The number of nitrogens with zero attached hydrogens (tertiary/aromatic N) is 1. The highest BCUT2D eigenvalue weighted by Crippen LogP contribution is 2.15. The van der Waals surface area contributed by atoms with Gasteiger partial charge in [0.15, 0.2) is 0 Å². The van der Waals surface area contributed by atoms with E-state index in [1.54, 1.807) is 0 Å². The number of rotatable bonds is 4. The van der Waals surface area contributed by atoms with Crippen LogP contribution in [0.5, 0.6) is 0 Å². The van der Waals surface area contributed by atoms with Crippen LogP contribution in [-0.4, -0.2) is 47.3 Å². The van der Waals surface area contributed by atoms with Crippen LogP contribution in [-0.2, 0) is 0 Å². The van der Waals surface area contributed by atoms with Gasteiger partial charge in [-0.15, -0.1) is 0 Å². The Morgan fingerprint density at radius 3 is 2.47 bits per heavy atom. The topological polar surface area (TPSA) is 35.5 Å². The van der Waals surface area contributed by atoms with Gasteiger partial charge in [-0.05, 0) is 26.7 Å². The normalized spacial score (nSPS) is 29.4. The maximum Gasteiger partial charge on any atom is 0.0718 e. The lowest BCUT2D eigenvalue weighted by Crippen LogP contribution is -2.58. The second-order valence-corrected chi connectivity index (χ2v) is 5.32. The van der Waals surface area contributed by atoms with E-state index >= 15 is 0 Å². The van der Waals surface area contributed by atoms with E-state index < -0.39 is 5.60 Å². The van der Waals surface area contributed by atoms with Crippen LogP contribution in [0.1, 0.15) is 40.5 Å². The van der Waals surface area contributed by atoms with Crippen LogP contribution in [0.2, 0.25) is 0 Å². The van der Waals surface area contributed by atoms with Gasteiger partial charge in [-0.2, -0.15) is 0 Å². The molecule has 0 radical (unpaired) electrons. The standard InChI is InChI=1S/C12H26N2O/c1-5-10-8-14(9-12(3,4)15)11(6-2)7-13-10/h10-11,13,15H,5-9H2,1-4H3/t10-,11+/m1/s1. The first-order valence-electron chi connectivity index (χ1n) is 6.16. The average molecular weight is 214 g/mol. The van der Waals surface area contributed by atoms with Gasteiger partial charge in [0.05, 0.1) is 5.60 Å². The van der Waals surface area contributed by atoms with E-state index in [9.17, 15) is 5.11 Å². The summed E-state index contributed by atoms with van der Waals surface area (Å²) in [7, 11) is 0. The third kappa shape index (κ3) is 4.09.